The van der Waals surface area contributed by atoms with Gasteiger partial charge in [0.05, 0.1) is 23.7 Å². The number of carboxylic acid groups (broad SMARTS) is 2. The predicted octanol–water partition coefficient (Wildman–Crippen LogP) is 2.26. The summed E-state index contributed by atoms with van der Waals surface area (Å²) in [4.78, 5) is 22.0. The van der Waals surface area contributed by atoms with Crippen molar-refractivity contribution in [1.82, 2.24) is 0 Å². The molecule has 1 heterocycles. The van der Waals surface area contributed by atoms with Gasteiger partial charge in [0.1, 0.15) is 0 Å². The average molecular weight is 236 g/mol. The number of hydrogen-bond acceptors (Lipinski definition) is 3. The summed E-state index contributed by atoms with van der Waals surface area (Å²) < 4.78 is 4.90. The molecule has 0 saturated heterocycles. The standard InChI is InChI=1S/C12H12O5/c1-3-7(11(13)14)9-5-17-6-10(9)8(4-2)12(15)16/h3-6H,1-2H3,(H,13,14)(H,15,16)/b7-3-,8-4-. The van der Waals surface area contributed by atoms with Crippen LogP contribution in [-0.2, 0) is 9.59 Å². The molecule has 0 atom stereocenters. The highest BCUT2D eigenvalue weighted by Gasteiger charge is 2.21. The van der Waals surface area contributed by atoms with Crippen molar-refractivity contribution >= 4 is 23.1 Å². The van der Waals surface area contributed by atoms with Gasteiger partial charge in [0.15, 0.2) is 0 Å². The molecule has 0 fully saturated rings. The smallest absolute Gasteiger partial charge is 0.336 e. The maximum atomic E-state index is 11.0. The van der Waals surface area contributed by atoms with Crippen LogP contribution in [0.4, 0.5) is 0 Å². The highest BCUT2D eigenvalue weighted by Crippen LogP contribution is 2.27. The zero-order chi connectivity index (χ0) is 13.0. The third kappa shape index (κ3) is 2.44. The van der Waals surface area contributed by atoms with E-state index in [2.05, 4.69) is 0 Å². The van der Waals surface area contributed by atoms with Crippen LogP contribution in [0.1, 0.15) is 25.0 Å². The van der Waals surface area contributed by atoms with Gasteiger partial charge in [-0.15, -0.1) is 0 Å². The summed E-state index contributed by atoms with van der Waals surface area (Å²) in [5, 5.41) is 18.0. The molecule has 0 aliphatic heterocycles. The minimum Gasteiger partial charge on any atom is -0.478 e. The van der Waals surface area contributed by atoms with Crippen molar-refractivity contribution in [3.8, 4) is 0 Å². The van der Waals surface area contributed by atoms with Gasteiger partial charge in [0.25, 0.3) is 0 Å². The van der Waals surface area contributed by atoms with E-state index in [4.69, 9.17) is 14.6 Å². The molecule has 0 aliphatic carbocycles. The fourth-order valence-electron chi connectivity index (χ4n) is 1.50. The Balaban J connectivity index is 3.36. The lowest BCUT2D eigenvalue weighted by Gasteiger charge is -2.03. The van der Waals surface area contributed by atoms with Gasteiger partial charge in [0.2, 0.25) is 0 Å². The van der Waals surface area contributed by atoms with Gasteiger partial charge >= 0.3 is 11.9 Å². The molecule has 0 radical (unpaired) electrons. The maximum Gasteiger partial charge on any atom is 0.336 e. The Morgan fingerprint density at radius 2 is 1.35 bits per heavy atom. The van der Waals surface area contributed by atoms with E-state index in [1.165, 1.54) is 24.7 Å². The average Bonchev–Trinajstić information content (AvgIpc) is 2.68. The number of carboxylic acids is 2. The number of hydrogen-bond donors (Lipinski definition) is 2. The first-order chi connectivity index (χ1) is 8.02. The summed E-state index contributed by atoms with van der Waals surface area (Å²) in [7, 11) is 0. The first kappa shape index (κ1) is 12.8. The van der Waals surface area contributed by atoms with Crippen LogP contribution in [-0.4, -0.2) is 22.2 Å². The number of aliphatic carboxylic acids is 2. The van der Waals surface area contributed by atoms with E-state index in [1.807, 2.05) is 0 Å². The van der Waals surface area contributed by atoms with Crippen molar-refractivity contribution in [2.75, 3.05) is 0 Å². The molecule has 5 heteroatoms. The van der Waals surface area contributed by atoms with Crippen LogP contribution in [0.25, 0.3) is 11.1 Å². The molecule has 1 aromatic heterocycles. The van der Waals surface area contributed by atoms with Crippen LogP contribution < -0.4 is 0 Å². The SMILES string of the molecule is C/C=C(\C(=O)O)c1cocc1/C(=C/C)C(=O)O. The van der Waals surface area contributed by atoms with E-state index in [0.717, 1.165) is 0 Å². The number of carbonyl (C=O) groups is 2. The lowest BCUT2D eigenvalue weighted by atomic mass is 9.99. The van der Waals surface area contributed by atoms with Crippen molar-refractivity contribution in [3.63, 3.8) is 0 Å². The second-order valence-electron chi connectivity index (χ2n) is 3.21. The number of allylic oxidation sites excluding steroid dienone is 2. The topological polar surface area (TPSA) is 87.7 Å². The van der Waals surface area contributed by atoms with Crippen molar-refractivity contribution in [2.24, 2.45) is 0 Å². The van der Waals surface area contributed by atoms with E-state index in [9.17, 15) is 9.59 Å². The molecule has 1 aromatic rings. The second-order valence-corrected chi connectivity index (χ2v) is 3.21. The predicted molar refractivity (Wildman–Crippen MR) is 61.3 cm³/mol. The van der Waals surface area contributed by atoms with E-state index in [-0.39, 0.29) is 22.3 Å². The largest absolute Gasteiger partial charge is 0.478 e. The van der Waals surface area contributed by atoms with Crippen LogP contribution in [0, 0.1) is 0 Å². The van der Waals surface area contributed by atoms with Crippen LogP contribution in [0.5, 0.6) is 0 Å². The highest BCUT2D eigenvalue weighted by atomic mass is 16.4. The quantitative estimate of drug-likeness (QED) is 0.783. The Morgan fingerprint density at radius 3 is 1.59 bits per heavy atom. The molecule has 0 saturated carbocycles. The molecule has 90 valence electrons. The van der Waals surface area contributed by atoms with Crippen molar-refractivity contribution < 1.29 is 24.2 Å². The summed E-state index contributed by atoms with van der Waals surface area (Å²) >= 11 is 0. The van der Waals surface area contributed by atoms with Gasteiger partial charge < -0.3 is 14.6 Å². The zero-order valence-corrected chi connectivity index (χ0v) is 9.43. The lowest BCUT2D eigenvalue weighted by molar-refractivity contribution is -0.131. The Bertz CT molecular complexity index is 460. The maximum absolute atomic E-state index is 11.0. The third-order valence-corrected chi connectivity index (χ3v) is 2.28. The molecular weight excluding hydrogens is 224 g/mol. The van der Waals surface area contributed by atoms with Crippen LogP contribution in [0.15, 0.2) is 29.1 Å². The minimum atomic E-state index is -1.13. The molecule has 2 N–H and O–H groups in total. The Hall–Kier alpha value is -2.30. The summed E-state index contributed by atoms with van der Waals surface area (Å²) in [6.07, 6.45) is 5.24. The third-order valence-electron chi connectivity index (χ3n) is 2.28. The van der Waals surface area contributed by atoms with E-state index in [0.29, 0.717) is 0 Å². The second kappa shape index (κ2) is 5.16. The molecule has 0 bridgehead atoms. The van der Waals surface area contributed by atoms with Gasteiger partial charge in [-0.25, -0.2) is 9.59 Å². The molecule has 5 nitrogen and oxygen atoms in total. The monoisotopic (exact) mass is 236 g/mol. The fourth-order valence-corrected chi connectivity index (χ4v) is 1.50. The van der Waals surface area contributed by atoms with Crippen LogP contribution in [0.3, 0.4) is 0 Å². The van der Waals surface area contributed by atoms with E-state index in [1.54, 1.807) is 13.8 Å². The summed E-state index contributed by atoms with van der Waals surface area (Å²) in [5.41, 5.74) is 0.537. The van der Waals surface area contributed by atoms with Gasteiger partial charge in [0, 0.05) is 11.1 Å². The molecule has 1 rings (SSSR count). The highest BCUT2D eigenvalue weighted by molar-refractivity contribution is 6.21. The van der Waals surface area contributed by atoms with Gasteiger partial charge in [-0.3, -0.25) is 0 Å². The first-order valence-electron chi connectivity index (χ1n) is 4.89. The normalized spacial score (nSPS) is 12.6. The Kier molecular flexibility index (Phi) is 3.87. The Labute approximate surface area is 97.7 Å². The van der Waals surface area contributed by atoms with Crippen molar-refractivity contribution in [2.45, 2.75) is 13.8 Å². The molecular formula is C12H12O5. The number of furan rings is 1. The van der Waals surface area contributed by atoms with Crippen molar-refractivity contribution in [1.29, 1.82) is 0 Å². The molecule has 0 spiro atoms. The number of rotatable bonds is 4. The van der Waals surface area contributed by atoms with Gasteiger partial charge in [-0.05, 0) is 13.8 Å². The first-order valence-corrected chi connectivity index (χ1v) is 4.89. The Morgan fingerprint density at radius 1 is 1.00 bits per heavy atom. The molecule has 0 aliphatic rings. The summed E-state index contributed by atoms with van der Waals surface area (Å²) in [5.74, 6) is -2.26. The molecule has 0 aromatic carbocycles. The molecule has 0 unspecified atom stereocenters. The zero-order valence-electron chi connectivity index (χ0n) is 9.43. The van der Waals surface area contributed by atoms with Crippen LogP contribution >= 0.6 is 0 Å². The fraction of sp³-hybridized carbons (Fsp3) is 0.167. The molecule has 17 heavy (non-hydrogen) atoms. The van der Waals surface area contributed by atoms with Gasteiger partial charge in [-0.2, -0.15) is 0 Å². The van der Waals surface area contributed by atoms with E-state index < -0.39 is 11.9 Å². The lowest BCUT2D eigenvalue weighted by Crippen LogP contribution is -2.04. The minimum absolute atomic E-state index is 0.00866. The van der Waals surface area contributed by atoms with E-state index >= 15 is 0 Å². The summed E-state index contributed by atoms with van der Waals surface area (Å²) in [6.45, 7) is 3.13. The molecule has 0 amide bonds. The van der Waals surface area contributed by atoms with Crippen molar-refractivity contribution in [3.05, 3.63) is 35.8 Å². The van der Waals surface area contributed by atoms with Gasteiger partial charge in [-0.1, -0.05) is 12.2 Å². The summed E-state index contributed by atoms with van der Waals surface area (Å²) in [6, 6.07) is 0. The van der Waals surface area contributed by atoms with Crippen LogP contribution in [0.2, 0.25) is 0 Å².